The lowest BCUT2D eigenvalue weighted by Gasteiger charge is -2.13. The zero-order chi connectivity index (χ0) is 18.8. The Balaban J connectivity index is 1.92. The number of nitrogens with one attached hydrogen (secondary N) is 2. The molecule has 1 heterocycles. The van der Waals surface area contributed by atoms with Crippen molar-refractivity contribution in [3.8, 4) is 0 Å². The Morgan fingerprint density at radius 2 is 2.08 bits per heavy atom. The number of rotatable bonds is 3. The quantitative estimate of drug-likeness (QED) is 0.549. The molecular weight excluding hydrogens is 372 g/mol. The van der Waals surface area contributed by atoms with Crippen LogP contribution in [0.3, 0.4) is 0 Å². The van der Waals surface area contributed by atoms with Gasteiger partial charge >= 0.3 is 0 Å². The predicted octanol–water partition coefficient (Wildman–Crippen LogP) is 3.68. The minimum absolute atomic E-state index is 0.0974. The average molecular weight is 391 g/mol. The van der Waals surface area contributed by atoms with Gasteiger partial charge in [0, 0.05) is 28.3 Å². The standard InChI is InChI=1S/C18H19ClN4O2S/c1-9-11(19)5-3-6-12(9)21-17(24)16-10(2)15-13(22-23-18(20)26)7-4-8-14(15)25-16/h3,5-6H,4,7-8H2,1-2H3,(H,21,24)(H3,20,23,26)/b22-13+. The van der Waals surface area contributed by atoms with Gasteiger partial charge in [-0.05, 0) is 56.6 Å². The Hall–Kier alpha value is -2.38. The van der Waals surface area contributed by atoms with Gasteiger partial charge in [-0.1, -0.05) is 17.7 Å². The lowest BCUT2D eigenvalue weighted by atomic mass is 9.93. The number of anilines is 1. The molecule has 0 saturated heterocycles. The molecule has 6 nitrogen and oxygen atoms in total. The third kappa shape index (κ3) is 3.59. The summed E-state index contributed by atoms with van der Waals surface area (Å²) in [7, 11) is 0. The maximum atomic E-state index is 12.7. The molecule has 1 aliphatic rings. The molecule has 1 aromatic heterocycles. The highest BCUT2D eigenvalue weighted by Gasteiger charge is 2.28. The third-order valence-corrected chi connectivity index (χ3v) is 4.85. The van der Waals surface area contributed by atoms with Crippen LogP contribution in [0.4, 0.5) is 5.69 Å². The summed E-state index contributed by atoms with van der Waals surface area (Å²) in [5, 5.41) is 7.82. The Bertz CT molecular complexity index is 920. The number of carbonyl (C=O) groups is 1. The SMILES string of the molecule is Cc1c(Cl)cccc1NC(=O)c1oc2c(c1C)/C(=N/NC(N)=S)CCC2. The Labute approximate surface area is 161 Å². The summed E-state index contributed by atoms with van der Waals surface area (Å²) < 4.78 is 5.86. The number of fused-ring (bicyclic) bond motifs is 1. The number of benzene rings is 1. The normalized spacial score (nSPS) is 14.8. The highest BCUT2D eigenvalue weighted by Crippen LogP contribution is 2.31. The molecular formula is C18H19ClN4O2S. The van der Waals surface area contributed by atoms with Crippen molar-refractivity contribution in [2.45, 2.75) is 33.1 Å². The highest BCUT2D eigenvalue weighted by atomic mass is 35.5. The summed E-state index contributed by atoms with van der Waals surface area (Å²) in [4.78, 5) is 12.7. The molecule has 0 bridgehead atoms. The van der Waals surface area contributed by atoms with Crippen molar-refractivity contribution in [2.75, 3.05) is 5.32 Å². The molecule has 0 saturated carbocycles. The van der Waals surface area contributed by atoms with E-state index in [-0.39, 0.29) is 16.8 Å². The van der Waals surface area contributed by atoms with E-state index in [0.29, 0.717) is 10.7 Å². The second-order valence-electron chi connectivity index (χ2n) is 6.11. The summed E-state index contributed by atoms with van der Waals surface area (Å²) in [6.45, 7) is 3.70. The molecule has 1 amide bonds. The van der Waals surface area contributed by atoms with Crippen molar-refractivity contribution in [2.24, 2.45) is 10.8 Å². The summed E-state index contributed by atoms with van der Waals surface area (Å²) >= 11 is 10.9. The van der Waals surface area contributed by atoms with Crippen LogP contribution in [0.15, 0.2) is 27.7 Å². The Morgan fingerprint density at radius 3 is 2.81 bits per heavy atom. The highest BCUT2D eigenvalue weighted by molar-refractivity contribution is 7.80. The molecule has 3 rings (SSSR count). The minimum atomic E-state index is -0.316. The van der Waals surface area contributed by atoms with Gasteiger partial charge in [-0.2, -0.15) is 5.10 Å². The number of hydrazone groups is 1. The van der Waals surface area contributed by atoms with Gasteiger partial charge < -0.3 is 15.5 Å². The minimum Gasteiger partial charge on any atom is -0.455 e. The number of thiocarbonyl (C=S) groups is 1. The molecule has 1 aliphatic carbocycles. The maximum Gasteiger partial charge on any atom is 0.291 e. The first-order valence-electron chi connectivity index (χ1n) is 8.19. The molecule has 0 aliphatic heterocycles. The molecule has 0 unspecified atom stereocenters. The lowest BCUT2D eigenvalue weighted by Crippen LogP contribution is -2.26. The van der Waals surface area contributed by atoms with Crippen LogP contribution in [0.25, 0.3) is 0 Å². The van der Waals surface area contributed by atoms with E-state index in [4.69, 9.17) is 34.0 Å². The molecule has 2 aromatic rings. The topological polar surface area (TPSA) is 92.6 Å². The number of furan rings is 1. The second kappa shape index (κ2) is 7.47. The van der Waals surface area contributed by atoms with Crippen molar-refractivity contribution in [3.63, 3.8) is 0 Å². The van der Waals surface area contributed by atoms with Crippen LogP contribution in [0.2, 0.25) is 5.02 Å². The fraction of sp³-hybridized carbons (Fsp3) is 0.278. The first-order valence-corrected chi connectivity index (χ1v) is 8.98. The smallest absolute Gasteiger partial charge is 0.291 e. The number of hydrogen-bond acceptors (Lipinski definition) is 4. The molecule has 1 aromatic carbocycles. The number of nitrogens with two attached hydrogens (primary N) is 1. The molecule has 0 fully saturated rings. The molecule has 4 N–H and O–H groups in total. The van der Waals surface area contributed by atoms with E-state index < -0.39 is 0 Å². The van der Waals surface area contributed by atoms with Gasteiger partial charge in [-0.15, -0.1) is 0 Å². The summed E-state index contributed by atoms with van der Waals surface area (Å²) in [6, 6.07) is 5.37. The lowest BCUT2D eigenvalue weighted by molar-refractivity contribution is 0.0994. The number of halogens is 1. The van der Waals surface area contributed by atoms with Gasteiger partial charge in [0.1, 0.15) is 5.76 Å². The van der Waals surface area contributed by atoms with E-state index in [9.17, 15) is 4.79 Å². The van der Waals surface area contributed by atoms with E-state index in [2.05, 4.69) is 15.8 Å². The first-order chi connectivity index (χ1) is 12.4. The van der Waals surface area contributed by atoms with Crippen LogP contribution < -0.4 is 16.5 Å². The molecule has 0 spiro atoms. The summed E-state index contributed by atoms with van der Waals surface area (Å²) in [6.07, 6.45) is 2.40. The van der Waals surface area contributed by atoms with Crippen LogP contribution in [-0.2, 0) is 6.42 Å². The zero-order valence-electron chi connectivity index (χ0n) is 14.5. The molecule has 26 heavy (non-hydrogen) atoms. The number of carbonyl (C=O) groups excluding carboxylic acids is 1. The monoisotopic (exact) mass is 390 g/mol. The van der Waals surface area contributed by atoms with Crippen LogP contribution in [0.1, 0.15) is 45.8 Å². The molecule has 8 heteroatoms. The fourth-order valence-corrected chi connectivity index (χ4v) is 3.26. The Morgan fingerprint density at radius 1 is 1.31 bits per heavy atom. The van der Waals surface area contributed by atoms with Gasteiger partial charge in [-0.3, -0.25) is 10.2 Å². The first kappa shape index (κ1) is 18.4. The van der Waals surface area contributed by atoms with E-state index in [1.165, 1.54) is 0 Å². The van der Waals surface area contributed by atoms with E-state index >= 15 is 0 Å². The van der Waals surface area contributed by atoms with E-state index in [1.54, 1.807) is 18.2 Å². The number of amides is 1. The number of aryl methyl sites for hydroxylation is 1. The van der Waals surface area contributed by atoms with Gasteiger partial charge in [0.15, 0.2) is 10.9 Å². The zero-order valence-corrected chi connectivity index (χ0v) is 16.1. The largest absolute Gasteiger partial charge is 0.455 e. The van der Waals surface area contributed by atoms with Crippen LogP contribution in [-0.4, -0.2) is 16.7 Å². The number of nitrogens with zero attached hydrogens (tertiary/aromatic N) is 1. The Kier molecular flexibility index (Phi) is 5.29. The predicted molar refractivity (Wildman–Crippen MR) is 107 cm³/mol. The van der Waals surface area contributed by atoms with Crippen molar-refractivity contribution in [1.29, 1.82) is 0 Å². The molecule has 0 atom stereocenters. The van der Waals surface area contributed by atoms with Crippen LogP contribution in [0, 0.1) is 13.8 Å². The molecule has 136 valence electrons. The average Bonchev–Trinajstić information content (AvgIpc) is 2.95. The third-order valence-electron chi connectivity index (χ3n) is 4.35. The summed E-state index contributed by atoms with van der Waals surface area (Å²) in [5.74, 6) is 0.716. The van der Waals surface area contributed by atoms with Gasteiger partial charge in [-0.25, -0.2) is 0 Å². The molecule has 0 radical (unpaired) electrons. The van der Waals surface area contributed by atoms with Gasteiger partial charge in [0.05, 0.1) is 5.71 Å². The van der Waals surface area contributed by atoms with Gasteiger partial charge in [0.2, 0.25) is 0 Å². The van der Waals surface area contributed by atoms with Gasteiger partial charge in [0.25, 0.3) is 5.91 Å². The van der Waals surface area contributed by atoms with Crippen molar-refractivity contribution in [1.82, 2.24) is 5.43 Å². The maximum absolute atomic E-state index is 12.7. The van der Waals surface area contributed by atoms with Crippen molar-refractivity contribution in [3.05, 3.63) is 51.4 Å². The van der Waals surface area contributed by atoms with E-state index in [0.717, 1.165) is 47.4 Å². The van der Waals surface area contributed by atoms with Crippen LogP contribution >= 0.6 is 23.8 Å². The number of hydrogen-bond donors (Lipinski definition) is 3. The summed E-state index contributed by atoms with van der Waals surface area (Å²) in [5.41, 5.74) is 11.9. The van der Waals surface area contributed by atoms with E-state index in [1.807, 2.05) is 13.8 Å². The van der Waals surface area contributed by atoms with Crippen LogP contribution in [0.5, 0.6) is 0 Å². The fourth-order valence-electron chi connectivity index (χ4n) is 3.04. The van der Waals surface area contributed by atoms with Crippen molar-refractivity contribution >= 4 is 46.2 Å². The van der Waals surface area contributed by atoms with Crippen molar-refractivity contribution < 1.29 is 9.21 Å². The second-order valence-corrected chi connectivity index (χ2v) is 6.96.